The maximum absolute atomic E-state index is 5.34. The summed E-state index contributed by atoms with van der Waals surface area (Å²) in [5.41, 5.74) is 1.30. The zero-order valence-electron chi connectivity index (χ0n) is 12.1. The second kappa shape index (κ2) is 6.78. The number of benzene rings is 1. The Morgan fingerprint density at radius 2 is 2.05 bits per heavy atom. The van der Waals surface area contributed by atoms with Crippen molar-refractivity contribution in [2.45, 2.75) is 19.4 Å². The minimum atomic E-state index is 0.596. The Hall–Kier alpha value is -1.26. The average molecular weight is 264 g/mol. The molecule has 0 aromatic heterocycles. The van der Waals surface area contributed by atoms with E-state index >= 15 is 0 Å². The third-order valence-corrected chi connectivity index (χ3v) is 3.62. The summed E-state index contributed by atoms with van der Waals surface area (Å²) in [6, 6.07) is 6.77. The van der Waals surface area contributed by atoms with Gasteiger partial charge in [0.2, 0.25) is 0 Å². The molecule has 1 fully saturated rings. The lowest BCUT2D eigenvalue weighted by molar-refractivity contribution is 0.209. The normalized spacial score (nSPS) is 20.3. The van der Waals surface area contributed by atoms with Gasteiger partial charge >= 0.3 is 0 Å². The third-order valence-electron chi connectivity index (χ3n) is 3.62. The van der Waals surface area contributed by atoms with Crippen molar-refractivity contribution in [2.24, 2.45) is 0 Å². The van der Waals surface area contributed by atoms with Crippen LogP contribution in [0.5, 0.6) is 11.5 Å². The Balaban J connectivity index is 1.92. The summed E-state index contributed by atoms with van der Waals surface area (Å²) >= 11 is 0. The van der Waals surface area contributed by atoms with Gasteiger partial charge in [0.15, 0.2) is 11.5 Å². The van der Waals surface area contributed by atoms with E-state index in [2.05, 4.69) is 29.3 Å². The van der Waals surface area contributed by atoms with Crippen LogP contribution in [0.2, 0.25) is 0 Å². The van der Waals surface area contributed by atoms with E-state index in [-0.39, 0.29) is 0 Å². The molecule has 4 heteroatoms. The first-order chi connectivity index (χ1) is 9.22. The van der Waals surface area contributed by atoms with E-state index in [1.807, 2.05) is 6.07 Å². The van der Waals surface area contributed by atoms with Gasteiger partial charge in [-0.3, -0.25) is 0 Å². The summed E-state index contributed by atoms with van der Waals surface area (Å²) in [6.07, 6.45) is 1.05. The number of ether oxygens (including phenoxy) is 2. The summed E-state index contributed by atoms with van der Waals surface area (Å²) < 4.78 is 10.6. The van der Waals surface area contributed by atoms with Crippen LogP contribution in [-0.4, -0.2) is 51.3 Å². The van der Waals surface area contributed by atoms with E-state index < -0.39 is 0 Å². The van der Waals surface area contributed by atoms with Crippen molar-refractivity contribution in [2.75, 3.05) is 40.4 Å². The fourth-order valence-corrected chi connectivity index (χ4v) is 2.54. The molecule has 1 saturated heterocycles. The molecule has 2 rings (SSSR count). The third kappa shape index (κ3) is 3.85. The summed E-state index contributed by atoms with van der Waals surface area (Å²) in [5, 5.41) is 3.47. The molecule has 1 aliphatic heterocycles. The number of methoxy groups -OCH3 is 2. The molecule has 1 heterocycles. The molecule has 0 radical (unpaired) electrons. The SMILES string of the molecule is COc1ccc(CCN2CCNC(C)C2)cc1OC. The molecule has 0 saturated carbocycles. The minimum absolute atomic E-state index is 0.596. The Morgan fingerprint density at radius 3 is 2.74 bits per heavy atom. The highest BCUT2D eigenvalue weighted by molar-refractivity contribution is 5.42. The second-order valence-electron chi connectivity index (χ2n) is 5.10. The van der Waals surface area contributed by atoms with Crippen LogP contribution in [0.25, 0.3) is 0 Å². The van der Waals surface area contributed by atoms with Crippen molar-refractivity contribution in [3.05, 3.63) is 23.8 Å². The first-order valence-corrected chi connectivity index (χ1v) is 6.89. The molecular weight excluding hydrogens is 240 g/mol. The minimum Gasteiger partial charge on any atom is -0.493 e. The lowest BCUT2D eigenvalue weighted by atomic mass is 10.1. The van der Waals surface area contributed by atoms with E-state index in [1.54, 1.807) is 14.2 Å². The van der Waals surface area contributed by atoms with Gasteiger partial charge in [0.1, 0.15) is 0 Å². The van der Waals surface area contributed by atoms with Crippen molar-refractivity contribution in [3.63, 3.8) is 0 Å². The number of nitrogens with one attached hydrogen (secondary N) is 1. The van der Waals surface area contributed by atoms with Gasteiger partial charge in [-0.25, -0.2) is 0 Å². The lowest BCUT2D eigenvalue weighted by Crippen LogP contribution is -2.49. The lowest BCUT2D eigenvalue weighted by Gasteiger charge is -2.31. The average Bonchev–Trinajstić information content (AvgIpc) is 2.45. The molecule has 0 amide bonds. The van der Waals surface area contributed by atoms with Gasteiger partial charge in [-0.05, 0) is 31.0 Å². The van der Waals surface area contributed by atoms with Crippen molar-refractivity contribution in [1.29, 1.82) is 0 Å². The first-order valence-electron chi connectivity index (χ1n) is 6.89. The molecule has 1 unspecified atom stereocenters. The molecule has 1 N–H and O–H groups in total. The topological polar surface area (TPSA) is 33.7 Å². The zero-order valence-corrected chi connectivity index (χ0v) is 12.1. The number of nitrogens with zero attached hydrogens (tertiary/aromatic N) is 1. The second-order valence-corrected chi connectivity index (χ2v) is 5.10. The maximum atomic E-state index is 5.34. The molecule has 0 spiro atoms. The number of rotatable bonds is 5. The van der Waals surface area contributed by atoms with Crippen molar-refractivity contribution >= 4 is 0 Å². The molecular formula is C15H24N2O2. The molecule has 1 aromatic carbocycles. The highest BCUT2D eigenvalue weighted by Gasteiger charge is 2.15. The quantitative estimate of drug-likeness (QED) is 0.874. The van der Waals surface area contributed by atoms with E-state index in [4.69, 9.17) is 9.47 Å². The largest absolute Gasteiger partial charge is 0.493 e. The van der Waals surface area contributed by atoms with Gasteiger partial charge < -0.3 is 19.7 Å². The number of hydrogen-bond acceptors (Lipinski definition) is 4. The monoisotopic (exact) mass is 264 g/mol. The van der Waals surface area contributed by atoms with Crippen LogP contribution in [0.4, 0.5) is 0 Å². The Morgan fingerprint density at radius 1 is 1.26 bits per heavy atom. The van der Waals surface area contributed by atoms with E-state index in [0.717, 1.165) is 44.1 Å². The van der Waals surface area contributed by atoms with Gasteiger partial charge in [-0.2, -0.15) is 0 Å². The predicted octanol–water partition coefficient (Wildman–Crippen LogP) is 1.54. The Labute approximate surface area is 115 Å². The summed E-state index contributed by atoms with van der Waals surface area (Å²) in [6.45, 7) is 6.70. The van der Waals surface area contributed by atoms with Crippen LogP contribution in [0.15, 0.2) is 18.2 Å². The highest BCUT2D eigenvalue weighted by Crippen LogP contribution is 2.27. The maximum Gasteiger partial charge on any atom is 0.160 e. The van der Waals surface area contributed by atoms with Crippen LogP contribution < -0.4 is 14.8 Å². The summed E-state index contributed by atoms with van der Waals surface area (Å²) in [5.74, 6) is 1.61. The van der Waals surface area contributed by atoms with Crippen LogP contribution in [0.1, 0.15) is 12.5 Å². The van der Waals surface area contributed by atoms with Gasteiger partial charge in [0, 0.05) is 32.2 Å². The first kappa shape index (κ1) is 14.2. The fraction of sp³-hybridized carbons (Fsp3) is 0.600. The molecule has 1 aliphatic rings. The number of hydrogen-bond donors (Lipinski definition) is 1. The van der Waals surface area contributed by atoms with Crippen molar-refractivity contribution in [3.8, 4) is 11.5 Å². The van der Waals surface area contributed by atoms with E-state index in [9.17, 15) is 0 Å². The molecule has 0 bridgehead atoms. The predicted molar refractivity (Wildman–Crippen MR) is 77.2 cm³/mol. The van der Waals surface area contributed by atoms with Gasteiger partial charge in [0.25, 0.3) is 0 Å². The van der Waals surface area contributed by atoms with E-state index in [1.165, 1.54) is 5.56 Å². The molecule has 1 atom stereocenters. The van der Waals surface area contributed by atoms with Crippen molar-refractivity contribution < 1.29 is 9.47 Å². The van der Waals surface area contributed by atoms with Crippen LogP contribution in [0, 0.1) is 0 Å². The number of piperazine rings is 1. The Kier molecular flexibility index (Phi) is 5.05. The van der Waals surface area contributed by atoms with Gasteiger partial charge in [-0.1, -0.05) is 6.07 Å². The van der Waals surface area contributed by atoms with Crippen LogP contribution in [-0.2, 0) is 6.42 Å². The molecule has 19 heavy (non-hydrogen) atoms. The molecule has 106 valence electrons. The fourth-order valence-electron chi connectivity index (χ4n) is 2.54. The van der Waals surface area contributed by atoms with E-state index in [0.29, 0.717) is 6.04 Å². The zero-order chi connectivity index (χ0) is 13.7. The standard InChI is InChI=1S/C15H24N2O2/c1-12-11-17(9-7-16-12)8-6-13-4-5-14(18-2)15(10-13)19-3/h4-5,10,12,16H,6-9,11H2,1-3H3. The molecule has 4 nitrogen and oxygen atoms in total. The molecule has 0 aliphatic carbocycles. The smallest absolute Gasteiger partial charge is 0.160 e. The molecule has 1 aromatic rings. The summed E-state index contributed by atoms with van der Waals surface area (Å²) in [4.78, 5) is 2.51. The highest BCUT2D eigenvalue weighted by atomic mass is 16.5. The Bertz CT molecular complexity index is 409. The van der Waals surface area contributed by atoms with Gasteiger partial charge in [0.05, 0.1) is 14.2 Å². The summed E-state index contributed by atoms with van der Waals surface area (Å²) in [7, 11) is 3.35. The van der Waals surface area contributed by atoms with Crippen LogP contribution in [0.3, 0.4) is 0 Å². The van der Waals surface area contributed by atoms with Gasteiger partial charge in [-0.15, -0.1) is 0 Å². The van der Waals surface area contributed by atoms with Crippen LogP contribution >= 0.6 is 0 Å². The van der Waals surface area contributed by atoms with Crippen molar-refractivity contribution in [1.82, 2.24) is 10.2 Å².